The van der Waals surface area contributed by atoms with Gasteiger partial charge in [0.2, 0.25) is 10.0 Å². The van der Waals surface area contributed by atoms with Crippen molar-refractivity contribution in [3.63, 3.8) is 0 Å². The highest BCUT2D eigenvalue weighted by Gasteiger charge is 2.27. The summed E-state index contributed by atoms with van der Waals surface area (Å²) in [4.78, 5) is 1.49. The summed E-state index contributed by atoms with van der Waals surface area (Å²) in [5.74, 6) is -0.809. The minimum Gasteiger partial charge on any atom is -0.326 e. The fraction of sp³-hybridized carbons (Fsp3) is 0.538. The quantitative estimate of drug-likeness (QED) is 0.785. The largest absolute Gasteiger partial charge is 0.326 e. The van der Waals surface area contributed by atoms with Crippen molar-refractivity contribution in [2.45, 2.75) is 30.8 Å². The number of benzene rings is 1. The molecule has 0 heterocycles. The maximum Gasteiger partial charge on any atom is 0.243 e. The summed E-state index contributed by atoms with van der Waals surface area (Å²) in [6, 6.07) is 2.71. The second-order valence-corrected chi connectivity index (χ2v) is 8.26. The third-order valence-corrected chi connectivity index (χ3v) is 5.35. The molecule has 0 aromatic heterocycles. The molecule has 5 nitrogen and oxygen atoms in total. The van der Waals surface area contributed by atoms with Crippen molar-refractivity contribution in [1.82, 2.24) is 9.62 Å². The number of halogens is 2. The SMILES string of the molecule is CN(C)C(C)(C)CNS(=O)(=O)c1cc(Br)cc(CN)c1F. The molecule has 0 fully saturated rings. The zero-order chi connectivity index (χ0) is 16.4. The van der Waals surface area contributed by atoms with Crippen molar-refractivity contribution in [1.29, 1.82) is 0 Å². The third kappa shape index (κ3) is 4.46. The Hall–Kier alpha value is -0.540. The van der Waals surface area contributed by atoms with Crippen LogP contribution in [-0.4, -0.2) is 39.5 Å². The molecule has 0 spiro atoms. The first-order chi connectivity index (χ1) is 9.51. The molecule has 0 unspecified atom stereocenters. The van der Waals surface area contributed by atoms with E-state index in [9.17, 15) is 12.8 Å². The maximum atomic E-state index is 14.2. The van der Waals surface area contributed by atoms with E-state index in [1.54, 1.807) is 0 Å². The van der Waals surface area contributed by atoms with E-state index in [0.29, 0.717) is 4.47 Å². The van der Waals surface area contributed by atoms with Crippen LogP contribution in [0.2, 0.25) is 0 Å². The molecule has 21 heavy (non-hydrogen) atoms. The minimum absolute atomic E-state index is 0.0724. The summed E-state index contributed by atoms with van der Waals surface area (Å²) in [5.41, 5.74) is 5.18. The number of rotatable bonds is 6. The average molecular weight is 382 g/mol. The summed E-state index contributed by atoms with van der Waals surface area (Å²) in [6.45, 7) is 3.86. The molecule has 1 aromatic carbocycles. The molecule has 0 aliphatic rings. The molecule has 3 N–H and O–H groups in total. The summed E-state index contributed by atoms with van der Waals surface area (Å²) < 4.78 is 41.7. The van der Waals surface area contributed by atoms with Crippen LogP contribution in [0.5, 0.6) is 0 Å². The number of sulfonamides is 1. The van der Waals surface area contributed by atoms with Crippen molar-refractivity contribution in [2.24, 2.45) is 5.73 Å². The predicted octanol–water partition coefficient (Wildman–Crippen LogP) is 1.67. The molecule has 0 saturated heterocycles. The maximum absolute atomic E-state index is 14.2. The molecule has 0 radical (unpaired) electrons. The average Bonchev–Trinajstić information content (AvgIpc) is 2.38. The molecular weight excluding hydrogens is 361 g/mol. The van der Waals surface area contributed by atoms with E-state index in [1.165, 1.54) is 12.1 Å². The van der Waals surface area contributed by atoms with Crippen molar-refractivity contribution >= 4 is 26.0 Å². The van der Waals surface area contributed by atoms with Gasteiger partial charge in [-0.25, -0.2) is 17.5 Å². The van der Waals surface area contributed by atoms with Crippen LogP contribution >= 0.6 is 15.9 Å². The number of nitrogens with one attached hydrogen (secondary N) is 1. The Morgan fingerprint density at radius 2 is 1.95 bits per heavy atom. The summed E-state index contributed by atoms with van der Waals surface area (Å²) in [5, 5.41) is 0. The molecule has 120 valence electrons. The van der Waals surface area contributed by atoms with E-state index in [0.717, 1.165) is 0 Å². The van der Waals surface area contributed by atoms with Crippen LogP contribution in [0.1, 0.15) is 19.4 Å². The molecule has 1 rings (SSSR count). The summed E-state index contributed by atoms with van der Waals surface area (Å²) in [6.07, 6.45) is 0. The second-order valence-electron chi connectivity index (χ2n) is 5.61. The Labute approximate surface area is 133 Å². The van der Waals surface area contributed by atoms with Crippen LogP contribution in [-0.2, 0) is 16.6 Å². The van der Waals surface area contributed by atoms with Gasteiger partial charge in [0.1, 0.15) is 10.7 Å². The standard InChI is InChI=1S/C13H21BrFN3O2S/c1-13(2,18(3)4)8-17-21(19,20)11-6-10(14)5-9(7-16)12(11)15/h5-6,17H,7-8,16H2,1-4H3. The van der Waals surface area contributed by atoms with Crippen molar-refractivity contribution in [3.05, 3.63) is 28.0 Å². The molecule has 0 aliphatic heterocycles. The third-order valence-electron chi connectivity index (χ3n) is 3.49. The number of likely N-dealkylation sites (N-methyl/N-ethyl adjacent to an activating group) is 1. The van der Waals surface area contributed by atoms with E-state index in [1.807, 2.05) is 32.8 Å². The lowest BCUT2D eigenvalue weighted by Gasteiger charge is -2.32. The van der Waals surface area contributed by atoms with Gasteiger partial charge in [0.15, 0.2) is 0 Å². The molecular formula is C13H21BrFN3O2S. The van der Waals surface area contributed by atoms with Crippen LogP contribution in [0.4, 0.5) is 4.39 Å². The first kappa shape index (κ1) is 18.5. The highest BCUT2D eigenvalue weighted by molar-refractivity contribution is 9.10. The fourth-order valence-corrected chi connectivity index (χ4v) is 3.47. The smallest absolute Gasteiger partial charge is 0.243 e. The molecule has 0 atom stereocenters. The van der Waals surface area contributed by atoms with Gasteiger partial charge in [-0.2, -0.15) is 0 Å². The van der Waals surface area contributed by atoms with Crippen LogP contribution in [0, 0.1) is 5.82 Å². The van der Waals surface area contributed by atoms with Crippen molar-refractivity contribution in [2.75, 3.05) is 20.6 Å². The van der Waals surface area contributed by atoms with Crippen LogP contribution < -0.4 is 10.5 Å². The summed E-state index contributed by atoms with van der Waals surface area (Å²) >= 11 is 3.17. The van der Waals surface area contributed by atoms with Gasteiger partial charge in [0.25, 0.3) is 0 Å². The van der Waals surface area contributed by atoms with Gasteiger partial charge in [-0.3, -0.25) is 0 Å². The molecule has 8 heteroatoms. The van der Waals surface area contributed by atoms with E-state index >= 15 is 0 Å². The van der Waals surface area contributed by atoms with E-state index in [4.69, 9.17) is 5.73 Å². The van der Waals surface area contributed by atoms with Crippen LogP contribution in [0.3, 0.4) is 0 Å². The lowest BCUT2D eigenvalue weighted by atomic mass is 10.1. The first-order valence-corrected chi connectivity index (χ1v) is 8.64. The number of hydrogen-bond acceptors (Lipinski definition) is 4. The van der Waals surface area contributed by atoms with E-state index in [2.05, 4.69) is 20.7 Å². The van der Waals surface area contributed by atoms with E-state index in [-0.39, 0.29) is 18.7 Å². The van der Waals surface area contributed by atoms with Gasteiger partial charge < -0.3 is 10.6 Å². The van der Waals surface area contributed by atoms with Crippen LogP contribution in [0.25, 0.3) is 0 Å². The van der Waals surface area contributed by atoms with Gasteiger partial charge >= 0.3 is 0 Å². The number of hydrogen-bond donors (Lipinski definition) is 2. The lowest BCUT2D eigenvalue weighted by molar-refractivity contribution is 0.199. The van der Waals surface area contributed by atoms with Gasteiger partial charge in [0.05, 0.1) is 0 Å². The lowest BCUT2D eigenvalue weighted by Crippen LogP contribution is -2.48. The monoisotopic (exact) mass is 381 g/mol. The van der Waals surface area contributed by atoms with Gasteiger partial charge in [0, 0.05) is 28.7 Å². The summed E-state index contributed by atoms with van der Waals surface area (Å²) in [7, 11) is -0.255. The molecule has 0 bridgehead atoms. The van der Waals surface area contributed by atoms with Crippen molar-refractivity contribution in [3.8, 4) is 0 Å². The zero-order valence-electron chi connectivity index (χ0n) is 12.6. The normalized spacial score (nSPS) is 13.0. The Morgan fingerprint density at radius 3 is 2.43 bits per heavy atom. The molecule has 0 saturated carbocycles. The number of nitrogens with zero attached hydrogens (tertiary/aromatic N) is 1. The molecule has 1 aromatic rings. The number of nitrogens with two attached hydrogens (primary N) is 1. The Balaban J connectivity index is 3.12. The van der Waals surface area contributed by atoms with Gasteiger partial charge in [-0.1, -0.05) is 15.9 Å². The highest BCUT2D eigenvalue weighted by atomic mass is 79.9. The van der Waals surface area contributed by atoms with E-state index < -0.39 is 26.3 Å². The second kappa shape index (κ2) is 6.70. The molecule has 0 aliphatic carbocycles. The fourth-order valence-electron chi connectivity index (χ4n) is 1.47. The Morgan fingerprint density at radius 1 is 1.38 bits per heavy atom. The zero-order valence-corrected chi connectivity index (χ0v) is 15.0. The molecule has 0 amide bonds. The van der Waals surface area contributed by atoms with Crippen LogP contribution in [0.15, 0.2) is 21.5 Å². The predicted molar refractivity (Wildman–Crippen MR) is 84.9 cm³/mol. The van der Waals surface area contributed by atoms with Gasteiger partial charge in [-0.15, -0.1) is 0 Å². The topological polar surface area (TPSA) is 75.4 Å². The Bertz CT molecular complexity index is 618. The van der Waals surface area contributed by atoms with Crippen molar-refractivity contribution < 1.29 is 12.8 Å². The first-order valence-electron chi connectivity index (χ1n) is 6.36. The minimum atomic E-state index is -3.95. The Kier molecular flexibility index (Phi) is 5.91. The van der Waals surface area contributed by atoms with Gasteiger partial charge in [-0.05, 0) is 40.1 Å². The highest BCUT2D eigenvalue weighted by Crippen LogP contribution is 2.24.